The highest BCUT2D eigenvalue weighted by molar-refractivity contribution is 6.31. The van der Waals surface area contributed by atoms with E-state index in [1.807, 2.05) is 0 Å². The lowest BCUT2D eigenvalue weighted by atomic mass is 9.72. The Kier molecular flexibility index (Phi) is 3.94. The third-order valence-electron chi connectivity index (χ3n) is 5.59. The zero-order valence-electron chi connectivity index (χ0n) is 15.5. The van der Waals surface area contributed by atoms with Crippen molar-refractivity contribution < 1.29 is 19.5 Å². The molecule has 0 fully saturated rings. The topological polar surface area (TPSA) is 113 Å². The Morgan fingerprint density at radius 3 is 2.63 bits per heavy atom. The van der Waals surface area contributed by atoms with Crippen molar-refractivity contribution in [2.45, 2.75) is 18.4 Å². The average Bonchev–Trinajstić information content (AvgIpc) is 3.22. The van der Waals surface area contributed by atoms with Gasteiger partial charge in [0.25, 0.3) is 0 Å². The summed E-state index contributed by atoms with van der Waals surface area (Å²) < 4.78 is 1.60. The van der Waals surface area contributed by atoms with E-state index < -0.39 is 11.4 Å². The summed E-state index contributed by atoms with van der Waals surface area (Å²) in [6.07, 6.45) is 1.55. The van der Waals surface area contributed by atoms with E-state index >= 15 is 0 Å². The van der Waals surface area contributed by atoms with E-state index in [-0.39, 0.29) is 23.8 Å². The standard InChI is InChI=1S/C21H15ClN4O4/c22-13-5-6-16-14(7-13)21(20(30)24-16)8-17(27)25-18-15(21)9-23-26(18)10-11-1-3-12(4-2-11)19(28)29/h1-7,9H,8,10H2,(H,24,30)(H,25,27)(H,28,29). The van der Waals surface area contributed by atoms with Gasteiger partial charge in [-0.1, -0.05) is 23.7 Å². The maximum absolute atomic E-state index is 13.1. The molecule has 0 radical (unpaired) electrons. The van der Waals surface area contributed by atoms with Gasteiger partial charge in [-0.15, -0.1) is 0 Å². The van der Waals surface area contributed by atoms with Crippen LogP contribution in [0.4, 0.5) is 11.5 Å². The number of carboxylic acid groups (broad SMARTS) is 1. The normalized spacial score (nSPS) is 19.2. The monoisotopic (exact) mass is 422 g/mol. The van der Waals surface area contributed by atoms with Crippen LogP contribution < -0.4 is 10.6 Å². The van der Waals surface area contributed by atoms with Crippen LogP contribution in [-0.4, -0.2) is 32.7 Å². The van der Waals surface area contributed by atoms with Crippen molar-refractivity contribution in [3.63, 3.8) is 0 Å². The zero-order valence-corrected chi connectivity index (χ0v) is 16.2. The molecular weight excluding hydrogens is 408 g/mol. The fourth-order valence-electron chi connectivity index (χ4n) is 4.16. The van der Waals surface area contributed by atoms with E-state index in [0.29, 0.717) is 34.2 Å². The second kappa shape index (κ2) is 6.43. The third kappa shape index (κ3) is 2.61. The molecule has 2 aliphatic heterocycles. The Labute approximate surface area is 175 Å². The van der Waals surface area contributed by atoms with Crippen LogP contribution in [0.5, 0.6) is 0 Å². The smallest absolute Gasteiger partial charge is 0.335 e. The maximum atomic E-state index is 13.1. The largest absolute Gasteiger partial charge is 0.478 e. The molecule has 5 rings (SSSR count). The second-order valence-electron chi connectivity index (χ2n) is 7.34. The molecule has 0 aliphatic carbocycles. The summed E-state index contributed by atoms with van der Waals surface area (Å²) in [4.78, 5) is 36.7. The SMILES string of the molecule is O=C1CC2(C(=O)Nc3ccc(Cl)cc32)c2cnn(Cc3ccc(C(=O)O)cc3)c2N1. The highest BCUT2D eigenvalue weighted by atomic mass is 35.5. The number of rotatable bonds is 3. The Bertz CT molecular complexity index is 1230. The number of hydrogen-bond acceptors (Lipinski definition) is 4. The van der Waals surface area contributed by atoms with Crippen molar-refractivity contribution in [1.29, 1.82) is 0 Å². The second-order valence-corrected chi connectivity index (χ2v) is 7.78. The Morgan fingerprint density at radius 1 is 1.13 bits per heavy atom. The first-order valence-corrected chi connectivity index (χ1v) is 9.56. The molecule has 1 atom stereocenters. The quantitative estimate of drug-likeness (QED) is 0.600. The van der Waals surface area contributed by atoms with Crippen molar-refractivity contribution in [2.24, 2.45) is 0 Å². The molecule has 150 valence electrons. The van der Waals surface area contributed by atoms with Crippen LogP contribution in [0.1, 0.15) is 33.5 Å². The molecule has 9 heteroatoms. The molecule has 1 spiro atoms. The van der Waals surface area contributed by atoms with Crippen LogP contribution >= 0.6 is 11.6 Å². The molecule has 3 N–H and O–H groups in total. The minimum atomic E-state index is -1.19. The van der Waals surface area contributed by atoms with Crippen molar-refractivity contribution in [2.75, 3.05) is 10.6 Å². The minimum absolute atomic E-state index is 0.0435. The molecule has 0 bridgehead atoms. The molecule has 1 aromatic heterocycles. The van der Waals surface area contributed by atoms with Gasteiger partial charge in [0.15, 0.2) is 0 Å². The molecule has 0 saturated heterocycles. The molecule has 3 heterocycles. The predicted octanol–water partition coefficient (Wildman–Crippen LogP) is 2.86. The number of nitrogens with one attached hydrogen (secondary N) is 2. The Hall–Kier alpha value is -3.65. The van der Waals surface area contributed by atoms with Crippen molar-refractivity contribution in [1.82, 2.24) is 9.78 Å². The molecule has 2 aromatic carbocycles. The fourth-order valence-corrected chi connectivity index (χ4v) is 4.33. The summed E-state index contributed by atoms with van der Waals surface area (Å²) in [7, 11) is 0. The van der Waals surface area contributed by atoms with Gasteiger partial charge >= 0.3 is 5.97 Å². The van der Waals surface area contributed by atoms with Crippen molar-refractivity contribution in [3.05, 3.63) is 75.9 Å². The van der Waals surface area contributed by atoms with Crippen LogP contribution in [0.3, 0.4) is 0 Å². The van der Waals surface area contributed by atoms with E-state index in [0.717, 1.165) is 5.56 Å². The number of carbonyl (C=O) groups excluding carboxylic acids is 2. The lowest BCUT2D eigenvalue weighted by Crippen LogP contribution is -2.43. The first-order chi connectivity index (χ1) is 14.4. The molecular formula is C21H15ClN4O4. The van der Waals surface area contributed by atoms with Gasteiger partial charge in [0.05, 0.1) is 18.3 Å². The molecule has 8 nitrogen and oxygen atoms in total. The van der Waals surface area contributed by atoms with Gasteiger partial charge in [-0.3, -0.25) is 9.59 Å². The fraction of sp³-hybridized carbons (Fsp3) is 0.143. The number of anilines is 2. The number of fused-ring (bicyclic) bond motifs is 4. The van der Waals surface area contributed by atoms with Gasteiger partial charge in [-0.25, -0.2) is 9.48 Å². The van der Waals surface area contributed by atoms with Gasteiger partial charge in [0.1, 0.15) is 11.2 Å². The number of aromatic nitrogens is 2. The number of aromatic carboxylic acids is 1. The number of nitrogens with zero attached hydrogens (tertiary/aromatic N) is 2. The molecule has 30 heavy (non-hydrogen) atoms. The number of carboxylic acids is 1. The highest BCUT2D eigenvalue weighted by Gasteiger charge is 2.54. The van der Waals surface area contributed by atoms with Crippen LogP contribution in [0.2, 0.25) is 5.02 Å². The lowest BCUT2D eigenvalue weighted by Gasteiger charge is -2.31. The highest BCUT2D eigenvalue weighted by Crippen LogP contribution is 2.50. The van der Waals surface area contributed by atoms with Crippen molar-refractivity contribution >= 4 is 40.9 Å². The summed E-state index contributed by atoms with van der Waals surface area (Å²) in [6.45, 7) is 0.301. The Morgan fingerprint density at radius 2 is 1.90 bits per heavy atom. The summed E-state index contributed by atoms with van der Waals surface area (Å²) in [5, 5.41) is 19.6. The Balaban J connectivity index is 1.59. The maximum Gasteiger partial charge on any atom is 0.335 e. The summed E-state index contributed by atoms with van der Waals surface area (Å²) in [5.74, 6) is -1.15. The minimum Gasteiger partial charge on any atom is -0.478 e. The zero-order chi connectivity index (χ0) is 21.0. The summed E-state index contributed by atoms with van der Waals surface area (Å²) in [6, 6.07) is 11.5. The lowest BCUT2D eigenvalue weighted by molar-refractivity contribution is -0.125. The first kappa shape index (κ1) is 18.4. The van der Waals surface area contributed by atoms with Crippen molar-refractivity contribution in [3.8, 4) is 0 Å². The number of benzene rings is 2. The van der Waals surface area contributed by atoms with Crippen LogP contribution in [0.15, 0.2) is 48.7 Å². The average molecular weight is 423 g/mol. The van der Waals surface area contributed by atoms with E-state index in [4.69, 9.17) is 16.7 Å². The van der Waals surface area contributed by atoms with Gasteiger partial charge in [0.2, 0.25) is 11.8 Å². The van der Waals surface area contributed by atoms with Gasteiger partial charge in [-0.05, 0) is 41.5 Å². The first-order valence-electron chi connectivity index (χ1n) is 9.18. The molecule has 2 amide bonds. The van der Waals surface area contributed by atoms with Crippen LogP contribution in [0.25, 0.3) is 0 Å². The number of carbonyl (C=O) groups is 3. The molecule has 1 unspecified atom stereocenters. The van der Waals surface area contributed by atoms with Crippen LogP contribution in [0, 0.1) is 0 Å². The predicted molar refractivity (Wildman–Crippen MR) is 109 cm³/mol. The third-order valence-corrected chi connectivity index (χ3v) is 5.83. The molecule has 2 aliphatic rings. The van der Waals surface area contributed by atoms with E-state index in [1.165, 1.54) is 12.1 Å². The van der Waals surface area contributed by atoms with E-state index in [2.05, 4.69) is 15.7 Å². The van der Waals surface area contributed by atoms with Crippen LogP contribution in [-0.2, 0) is 21.5 Å². The van der Waals surface area contributed by atoms with E-state index in [9.17, 15) is 14.4 Å². The molecule has 0 saturated carbocycles. The van der Waals surface area contributed by atoms with Gasteiger partial charge in [-0.2, -0.15) is 5.10 Å². The van der Waals surface area contributed by atoms with Gasteiger partial charge in [0, 0.05) is 22.7 Å². The molecule has 3 aromatic rings. The van der Waals surface area contributed by atoms with Gasteiger partial charge < -0.3 is 15.7 Å². The summed E-state index contributed by atoms with van der Waals surface area (Å²) >= 11 is 6.18. The number of amides is 2. The van der Waals surface area contributed by atoms with E-state index in [1.54, 1.807) is 41.2 Å². The number of halogens is 1. The summed E-state index contributed by atoms with van der Waals surface area (Å²) in [5.41, 5.74) is 1.68. The number of hydrogen-bond donors (Lipinski definition) is 3.